The zero-order chi connectivity index (χ0) is 15.9. The summed E-state index contributed by atoms with van der Waals surface area (Å²) in [5.41, 5.74) is 1.42. The van der Waals surface area contributed by atoms with Gasteiger partial charge in [-0.2, -0.15) is 0 Å². The molecule has 0 radical (unpaired) electrons. The van der Waals surface area contributed by atoms with E-state index in [0.717, 1.165) is 11.3 Å². The lowest BCUT2D eigenvalue weighted by atomic mass is 10.1. The lowest BCUT2D eigenvalue weighted by Gasteiger charge is -2.15. The van der Waals surface area contributed by atoms with E-state index in [9.17, 15) is 4.79 Å². The number of pyridine rings is 1. The first-order chi connectivity index (χ1) is 10.7. The number of aromatic nitrogens is 1. The van der Waals surface area contributed by atoms with Gasteiger partial charge < -0.3 is 14.8 Å². The van der Waals surface area contributed by atoms with Crippen molar-refractivity contribution in [2.45, 2.75) is 19.9 Å². The van der Waals surface area contributed by atoms with Crippen molar-refractivity contribution in [3.63, 3.8) is 0 Å². The second-order valence-electron chi connectivity index (χ2n) is 4.76. The molecule has 1 atom stereocenters. The van der Waals surface area contributed by atoms with Crippen molar-refractivity contribution < 1.29 is 14.3 Å². The highest BCUT2D eigenvalue weighted by atomic mass is 16.5. The molecular formula is C17H20N2O3. The lowest BCUT2D eigenvalue weighted by molar-refractivity contribution is 0.0936. The van der Waals surface area contributed by atoms with Crippen molar-refractivity contribution in [1.29, 1.82) is 0 Å². The van der Waals surface area contributed by atoms with Gasteiger partial charge in [0.05, 0.1) is 19.8 Å². The molecule has 116 valence electrons. The van der Waals surface area contributed by atoms with Crippen LogP contribution in [0, 0.1) is 0 Å². The van der Waals surface area contributed by atoms with E-state index < -0.39 is 0 Å². The third-order valence-corrected chi connectivity index (χ3v) is 3.25. The molecule has 5 heteroatoms. The molecule has 0 aliphatic rings. The van der Waals surface area contributed by atoms with Crippen molar-refractivity contribution in [2.24, 2.45) is 0 Å². The van der Waals surface area contributed by atoms with E-state index in [1.54, 1.807) is 18.3 Å². The molecule has 1 amide bonds. The summed E-state index contributed by atoms with van der Waals surface area (Å²) >= 11 is 0. The zero-order valence-electron chi connectivity index (χ0n) is 13.0. The van der Waals surface area contributed by atoms with Crippen LogP contribution in [0.15, 0.2) is 42.6 Å². The number of nitrogens with zero attached hydrogens (tertiary/aromatic N) is 1. The van der Waals surface area contributed by atoms with Gasteiger partial charge in [0, 0.05) is 6.20 Å². The summed E-state index contributed by atoms with van der Waals surface area (Å²) in [6, 6.07) is 10.9. The highest BCUT2D eigenvalue weighted by Gasteiger charge is 2.16. The fourth-order valence-corrected chi connectivity index (χ4v) is 2.10. The number of ether oxygens (including phenoxy) is 2. The van der Waals surface area contributed by atoms with Gasteiger partial charge in [-0.1, -0.05) is 12.1 Å². The predicted octanol–water partition coefficient (Wildman–Crippen LogP) is 2.98. The lowest BCUT2D eigenvalue weighted by Crippen LogP contribution is -2.27. The summed E-state index contributed by atoms with van der Waals surface area (Å²) in [5.74, 6) is 0.920. The largest absolute Gasteiger partial charge is 0.494 e. The van der Waals surface area contributed by atoms with Crippen LogP contribution in [0.1, 0.15) is 35.8 Å². The Bertz CT molecular complexity index is 626. The van der Waals surface area contributed by atoms with Crippen LogP contribution in [0.2, 0.25) is 0 Å². The monoisotopic (exact) mass is 300 g/mol. The van der Waals surface area contributed by atoms with Gasteiger partial charge in [-0.25, -0.2) is 4.98 Å². The molecule has 22 heavy (non-hydrogen) atoms. The third-order valence-electron chi connectivity index (χ3n) is 3.25. The van der Waals surface area contributed by atoms with Crippen LogP contribution in [0.4, 0.5) is 0 Å². The van der Waals surface area contributed by atoms with Crippen molar-refractivity contribution >= 4 is 5.91 Å². The Hall–Kier alpha value is -2.56. The van der Waals surface area contributed by atoms with Gasteiger partial charge in [-0.15, -0.1) is 0 Å². The van der Waals surface area contributed by atoms with Gasteiger partial charge in [0.2, 0.25) is 5.88 Å². The molecule has 0 saturated carbocycles. The number of nitrogens with one attached hydrogen (secondary N) is 1. The fraction of sp³-hybridized carbons (Fsp3) is 0.294. The maximum absolute atomic E-state index is 12.3. The van der Waals surface area contributed by atoms with Crippen LogP contribution in [0.5, 0.6) is 11.6 Å². The predicted molar refractivity (Wildman–Crippen MR) is 84.3 cm³/mol. The Kier molecular flexibility index (Phi) is 5.36. The first-order valence-corrected chi connectivity index (χ1v) is 7.18. The zero-order valence-corrected chi connectivity index (χ0v) is 13.0. The van der Waals surface area contributed by atoms with Gasteiger partial charge in [0.25, 0.3) is 5.91 Å². The van der Waals surface area contributed by atoms with Crippen LogP contribution >= 0.6 is 0 Å². The summed E-state index contributed by atoms with van der Waals surface area (Å²) < 4.78 is 10.5. The summed E-state index contributed by atoms with van der Waals surface area (Å²) in [6.07, 6.45) is 1.59. The molecule has 1 unspecified atom stereocenters. The van der Waals surface area contributed by atoms with E-state index in [1.165, 1.54) is 7.11 Å². The number of carbonyl (C=O) groups is 1. The maximum atomic E-state index is 12.3. The number of benzene rings is 1. The summed E-state index contributed by atoms with van der Waals surface area (Å²) in [5, 5.41) is 2.94. The Morgan fingerprint density at radius 2 is 2.00 bits per heavy atom. The van der Waals surface area contributed by atoms with Crippen LogP contribution in [0.3, 0.4) is 0 Å². The van der Waals surface area contributed by atoms with Gasteiger partial charge in [0.1, 0.15) is 11.3 Å². The number of rotatable bonds is 6. The van der Waals surface area contributed by atoms with Crippen LogP contribution < -0.4 is 14.8 Å². The van der Waals surface area contributed by atoms with Crippen LogP contribution in [-0.2, 0) is 0 Å². The van der Waals surface area contributed by atoms with Crippen LogP contribution in [-0.4, -0.2) is 24.6 Å². The topological polar surface area (TPSA) is 60.5 Å². The molecule has 5 nitrogen and oxygen atoms in total. The number of hydrogen-bond acceptors (Lipinski definition) is 4. The molecule has 2 aromatic rings. The van der Waals surface area contributed by atoms with Gasteiger partial charge >= 0.3 is 0 Å². The van der Waals surface area contributed by atoms with Crippen molar-refractivity contribution in [2.75, 3.05) is 13.7 Å². The molecule has 1 N–H and O–H groups in total. The molecule has 0 spiro atoms. The summed E-state index contributed by atoms with van der Waals surface area (Å²) in [7, 11) is 1.50. The minimum Gasteiger partial charge on any atom is -0.494 e. The van der Waals surface area contributed by atoms with Gasteiger partial charge in [-0.3, -0.25) is 4.79 Å². The summed E-state index contributed by atoms with van der Waals surface area (Å²) in [4.78, 5) is 16.4. The molecule has 2 rings (SSSR count). The molecule has 0 saturated heterocycles. The minimum atomic E-state index is -0.216. The first-order valence-electron chi connectivity index (χ1n) is 7.18. The molecular weight excluding hydrogens is 280 g/mol. The van der Waals surface area contributed by atoms with E-state index in [4.69, 9.17) is 9.47 Å². The van der Waals surface area contributed by atoms with Crippen LogP contribution in [0.25, 0.3) is 0 Å². The number of hydrogen-bond donors (Lipinski definition) is 1. The van der Waals surface area contributed by atoms with E-state index in [2.05, 4.69) is 10.3 Å². The molecule has 1 heterocycles. The Balaban J connectivity index is 2.07. The minimum absolute atomic E-state index is 0.131. The average Bonchev–Trinajstić information content (AvgIpc) is 2.55. The second kappa shape index (κ2) is 7.45. The number of carbonyl (C=O) groups excluding carboxylic acids is 1. The van der Waals surface area contributed by atoms with Crippen molar-refractivity contribution in [1.82, 2.24) is 10.3 Å². The van der Waals surface area contributed by atoms with E-state index >= 15 is 0 Å². The Morgan fingerprint density at radius 3 is 2.64 bits per heavy atom. The smallest absolute Gasteiger partial charge is 0.257 e. The molecule has 0 fully saturated rings. The number of amides is 1. The summed E-state index contributed by atoms with van der Waals surface area (Å²) in [6.45, 7) is 4.50. The van der Waals surface area contributed by atoms with E-state index in [0.29, 0.717) is 18.1 Å². The third kappa shape index (κ3) is 3.75. The normalized spacial score (nSPS) is 11.6. The first kappa shape index (κ1) is 15.8. The van der Waals surface area contributed by atoms with Gasteiger partial charge in [0.15, 0.2) is 0 Å². The standard InChI is InChI=1S/C17H20N2O3/c1-4-22-14-9-7-13(8-10-14)12(2)19-16(20)15-6-5-11-18-17(15)21-3/h5-12H,4H2,1-3H3,(H,19,20). The fourth-order valence-electron chi connectivity index (χ4n) is 2.10. The second-order valence-corrected chi connectivity index (χ2v) is 4.76. The van der Waals surface area contributed by atoms with E-state index in [1.807, 2.05) is 38.1 Å². The van der Waals surface area contributed by atoms with Gasteiger partial charge in [-0.05, 0) is 43.7 Å². The Labute approximate surface area is 130 Å². The average molecular weight is 300 g/mol. The highest BCUT2D eigenvalue weighted by molar-refractivity contribution is 5.96. The molecule has 1 aromatic heterocycles. The Morgan fingerprint density at radius 1 is 1.27 bits per heavy atom. The quantitative estimate of drug-likeness (QED) is 0.891. The molecule has 0 aliphatic heterocycles. The van der Waals surface area contributed by atoms with E-state index in [-0.39, 0.29) is 11.9 Å². The highest BCUT2D eigenvalue weighted by Crippen LogP contribution is 2.19. The molecule has 0 aliphatic carbocycles. The SMILES string of the molecule is CCOc1ccc(C(C)NC(=O)c2cccnc2OC)cc1. The maximum Gasteiger partial charge on any atom is 0.257 e. The van der Waals surface area contributed by atoms with Crippen molar-refractivity contribution in [3.8, 4) is 11.6 Å². The number of methoxy groups -OCH3 is 1. The molecule has 1 aromatic carbocycles. The molecule has 0 bridgehead atoms. The van der Waals surface area contributed by atoms with Crippen molar-refractivity contribution in [3.05, 3.63) is 53.7 Å².